The molecule has 0 amide bonds. The van der Waals surface area contributed by atoms with E-state index in [9.17, 15) is 0 Å². The number of hydrogen-bond acceptors (Lipinski definition) is 4. The molecule has 1 atom stereocenters. The summed E-state index contributed by atoms with van der Waals surface area (Å²) in [6.07, 6.45) is 0.903. The molecular weight excluding hydrogens is 244 g/mol. The average Bonchev–Trinajstić information content (AvgIpc) is 2.88. The molecule has 1 heterocycles. The van der Waals surface area contributed by atoms with Crippen LogP contribution >= 0.6 is 11.3 Å². The Morgan fingerprint density at radius 3 is 2.78 bits per heavy atom. The fraction of sp³-hybridized carbons (Fsp3) is 0.286. The lowest BCUT2D eigenvalue weighted by Gasteiger charge is -2.17. The molecule has 0 saturated heterocycles. The molecule has 1 aromatic carbocycles. The van der Waals surface area contributed by atoms with Crippen molar-refractivity contribution in [1.82, 2.24) is 5.43 Å². The molecule has 1 unspecified atom stereocenters. The van der Waals surface area contributed by atoms with Crippen molar-refractivity contribution in [2.45, 2.75) is 19.4 Å². The first-order valence-corrected chi connectivity index (χ1v) is 6.75. The summed E-state index contributed by atoms with van der Waals surface area (Å²) in [7, 11) is 1.69. The van der Waals surface area contributed by atoms with Gasteiger partial charge in [0.1, 0.15) is 5.75 Å². The Kier molecular flexibility index (Phi) is 4.36. The number of nitrogens with one attached hydrogen (secondary N) is 1. The predicted octanol–water partition coefficient (Wildman–Crippen LogP) is 2.81. The summed E-state index contributed by atoms with van der Waals surface area (Å²) < 4.78 is 5.27. The van der Waals surface area contributed by atoms with Gasteiger partial charge in [-0.1, -0.05) is 18.2 Å². The molecule has 18 heavy (non-hydrogen) atoms. The third-order valence-electron chi connectivity index (χ3n) is 3.01. The molecule has 0 radical (unpaired) electrons. The first-order chi connectivity index (χ1) is 8.74. The summed E-state index contributed by atoms with van der Waals surface area (Å²) in [5, 5.41) is 2.09. The van der Waals surface area contributed by atoms with Gasteiger partial charge in [0.2, 0.25) is 0 Å². The predicted molar refractivity (Wildman–Crippen MR) is 75.8 cm³/mol. The largest absolute Gasteiger partial charge is 0.496 e. The molecule has 0 bridgehead atoms. The van der Waals surface area contributed by atoms with Gasteiger partial charge >= 0.3 is 0 Å². The highest BCUT2D eigenvalue weighted by atomic mass is 32.1. The number of methoxy groups -OCH3 is 1. The Bertz CT molecular complexity index is 497. The molecule has 3 N–H and O–H groups in total. The van der Waals surface area contributed by atoms with Crippen LogP contribution < -0.4 is 16.0 Å². The van der Waals surface area contributed by atoms with Gasteiger partial charge in [-0.2, -0.15) is 0 Å². The molecule has 0 aliphatic rings. The molecule has 4 heteroatoms. The van der Waals surface area contributed by atoms with Crippen molar-refractivity contribution in [3.8, 4) is 5.75 Å². The van der Waals surface area contributed by atoms with E-state index < -0.39 is 0 Å². The molecular formula is C14H18N2OS. The number of aryl methyl sites for hydroxylation is 1. The van der Waals surface area contributed by atoms with Crippen LogP contribution in [0.5, 0.6) is 5.75 Å². The highest BCUT2D eigenvalue weighted by Gasteiger charge is 2.12. The standard InChI is InChI=1S/C14H18N2OS/c1-10-8-11(5-6-14(10)17-2)13(16-15)9-12-4-3-7-18-12/h3-8,13,16H,9,15H2,1-2H3. The van der Waals surface area contributed by atoms with E-state index in [2.05, 4.69) is 35.1 Å². The van der Waals surface area contributed by atoms with Crippen molar-refractivity contribution >= 4 is 11.3 Å². The van der Waals surface area contributed by atoms with Crippen molar-refractivity contribution in [2.24, 2.45) is 5.84 Å². The maximum atomic E-state index is 5.67. The van der Waals surface area contributed by atoms with Crippen LogP contribution in [0.1, 0.15) is 22.0 Å². The van der Waals surface area contributed by atoms with Crippen molar-refractivity contribution in [1.29, 1.82) is 0 Å². The fourth-order valence-corrected chi connectivity index (χ4v) is 2.77. The SMILES string of the molecule is COc1ccc(C(Cc2cccs2)NN)cc1C. The molecule has 3 nitrogen and oxygen atoms in total. The van der Waals surface area contributed by atoms with E-state index in [1.54, 1.807) is 18.4 Å². The van der Waals surface area contributed by atoms with Crippen LogP contribution in [-0.4, -0.2) is 7.11 Å². The Balaban J connectivity index is 2.19. The summed E-state index contributed by atoms with van der Waals surface area (Å²) in [6, 6.07) is 10.5. The van der Waals surface area contributed by atoms with Crippen LogP contribution in [0.2, 0.25) is 0 Å². The van der Waals surface area contributed by atoms with E-state index in [-0.39, 0.29) is 6.04 Å². The summed E-state index contributed by atoms with van der Waals surface area (Å²) in [4.78, 5) is 1.33. The molecule has 0 saturated carbocycles. The molecule has 0 spiro atoms. The summed E-state index contributed by atoms with van der Waals surface area (Å²) in [6.45, 7) is 2.04. The lowest BCUT2D eigenvalue weighted by Crippen LogP contribution is -2.29. The molecule has 0 aliphatic carbocycles. The van der Waals surface area contributed by atoms with Crippen molar-refractivity contribution in [3.63, 3.8) is 0 Å². The van der Waals surface area contributed by atoms with Crippen molar-refractivity contribution in [3.05, 3.63) is 51.7 Å². The molecule has 0 fully saturated rings. The van der Waals surface area contributed by atoms with E-state index in [1.807, 2.05) is 13.0 Å². The number of benzene rings is 1. The number of hydrazine groups is 1. The van der Waals surface area contributed by atoms with Crippen LogP contribution in [0.3, 0.4) is 0 Å². The third-order valence-corrected chi connectivity index (χ3v) is 3.91. The highest BCUT2D eigenvalue weighted by Crippen LogP contribution is 2.25. The molecule has 0 aliphatic heterocycles. The number of rotatable bonds is 5. The van der Waals surface area contributed by atoms with Gasteiger partial charge in [-0.3, -0.25) is 11.3 Å². The van der Waals surface area contributed by atoms with Crippen molar-refractivity contribution in [2.75, 3.05) is 7.11 Å². The normalized spacial score (nSPS) is 12.4. The number of thiophene rings is 1. The van der Waals surface area contributed by atoms with E-state index in [4.69, 9.17) is 10.6 Å². The molecule has 2 aromatic rings. The molecule has 2 rings (SSSR count). The summed E-state index contributed by atoms with van der Waals surface area (Å²) in [5.74, 6) is 6.57. The maximum absolute atomic E-state index is 5.67. The van der Waals surface area contributed by atoms with Gasteiger partial charge in [-0.25, -0.2) is 0 Å². The maximum Gasteiger partial charge on any atom is 0.121 e. The Hall–Kier alpha value is -1.36. The monoisotopic (exact) mass is 262 g/mol. The molecule has 1 aromatic heterocycles. The number of hydrogen-bond donors (Lipinski definition) is 2. The smallest absolute Gasteiger partial charge is 0.121 e. The Morgan fingerprint density at radius 2 is 2.22 bits per heavy atom. The van der Waals surface area contributed by atoms with E-state index in [0.29, 0.717) is 0 Å². The quantitative estimate of drug-likeness (QED) is 0.643. The van der Waals surface area contributed by atoms with Gasteiger partial charge in [-0.05, 0) is 35.6 Å². The topological polar surface area (TPSA) is 47.3 Å². The van der Waals surface area contributed by atoms with E-state index in [1.165, 1.54) is 10.4 Å². The minimum absolute atomic E-state index is 0.133. The van der Waals surface area contributed by atoms with Crippen LogP contribution in [-0.2, 0) is 6.42 Å². The van der Waals surface area contributed by atoms with Gasteiger partial charge in [0.15, 0.2) is 0 Å². The fourth-order valence-electron chi connectivity index (χ4n) is 2.02. The zero-order valence-electron chi connectivity index (χ0n) is 10.6. The second-order valence-corrected chi connectivity index (χ2v) is 5.26. The van der Waals surface area contributed by atoms with Crippen LogP contribution in [0.4, 0.5) is 0 Å². The van der Waals surface area contributed by atoms with Crippen LogP contribution in [0.15, 0.2) is 35.7 Å². The Labute approximate surface area is 112 Å². The number of ether oxygens (including phenoxy) is 1. The lowest BCUT2D eigenvalue weighted by atomic mass is 10.0. The summed E-state index contributed by atoms with van der Waals surface area (Å²) >= 11 is 1.75. The van der Waals surface area contributed by atoms with Gasteiger partial charge in [0.05, 0.1) is 13.2 Å². The zero-order valence-corrected chi connectivity index (χ0v) is 11.5. The lowest BCUT2D eigenvalue weighted by molar-refractivity contribution is 0.411. The first-order valence-electron chi connectivity index (χ1n) is 5.87. The van der Waals surface area contributed by atoms with Gasteiger partial charge in [-0.15, -0.1) is 11.3 Å². The average molecular weight is 262 g/mol. The minimum Gasteiger partial charge on any atom is -0.496 e. The first kappa shape index (κ1) is 13.1. The zero-order chi connectivity index (χ0) is 13.0. The summed E-state index contributed by atoms with van der Waals surface area (Å²) in [5.41, 5.74) is 5.20. The van der Waals surface area contributed by atoms with Crippen LogP contribution in [0.25, 0.3) is 0 Å². The highest BCUT2D eigenvalue weighted by molar-refractivity contribution is 7.09. The van der Waals surface area contributed by atoms with Crippen molar-refractivity contribution < 1.29 is 4.74 Å². The van der Waals surface area contributed by atoms with E-state index >= 15 is 0 Å². The van der Waals surface area contributed by atoms with Gasteiger partial charge in [0.25, 0.3) is 0 Å². The van der Waals surface area contributed by atoms with Crippen LogP contribution in [0, 0.1) is 6.92 Å². The minimum atomic E-state index is 0.133. The third kappa shape index (κ3) is 2.90. The second-order valence-electron chi connectivity index (χ2n) is 4.23. The van der Waals surface area contributed by atoms with E-state index in [0.717, 1.165) is 17.7 Å². The second kappa shape index (κ2) is 6.00. The Morgan fingerprint density at radius 1 is 1.39 bits per heavy atom. The van der Waals surface area contributed by atoms with Gasteiger partial charge < -0.3 is 4.74 Å². The molecule has 96 valence electrons. The van der Waals surface area contributed by atoms with Gasteiger partial charge in [0, 0.05) is 11.3 Å². The number of nitrogens with two attached hydrogens (primary N) is 1.